The minimum absolute atomic E-state index is 0.240. The smallest absolute Gasteiger partial charge is 0.421 e. The lowest BCUT2D eigenvalue weighted by Gasteiger charge is -2.21. The lowest BCUT2D eigenvalue weighted by atomic mass is 10.1. The first-order valence-corrected chi connectivity index (χ1v) is 7.93. The number of halogens is 6. The number of hydrogen-bond donors (Lipinski definition) is 1. The van der Waals surface area contributed by atoms with Gasteiger partial charge < -0.3 is 9.42 Å². The third-order valence-electron chi connectivity index (χ3n) is 2.69. The van der Waals surface area contributed by atoms with Crippen LogP contribution in [-0.2, 0) is 10.5 Å². The first-order chi connectivity index (χ1) is 9.92. The molecule has 0 aliphatic heterocycles. The van der Waals surface area contributed by atoms with E-state index in [1.807, 2.05) is 0 Å². The van der Waals surface area contributed by atoms with Crippen molar-refractivity contribution in [2.75, 3.05) is 6.16 Å². The molecule has 1 rings (SSSR count). The van der Waals surface area contributed by atoms with Crippen molar-refractivity contribution < 1.29 is 40.3 Å². The first kappa shape index (κ1) is 18.8. The van der Waals surface area contributed by atoms with Gasteiger partial charge in [0.05, 0.1) is 11.7 Å². The number of alkyl halides is 5. The minimum Gasteiger partial charge on any atom is -0.421 e. The molecule has 0 fully saturated rings. The predicted octanol–water partition coefficient (Wildman–Crippen LogP) is 4.84. The van der Waals surface area contributed by atoms with E-state index < -0.39 is 36.8 Å². The molecule has 22 heavy (non-hydrogen) atoms. The molecule has 1 aromatic rings. The van der Waals surface area contributed by atoms with Gasteiger partial charge in [-0.2, -0.15) is 22.0 Å². The van der Waals surface area contributed by atoms with Crippen LogP contribution in [0.3, 0.4) is 0 Å². The summed E-state index contributed by atoms with van der Waals surface area (Å²) in [7, 11) is -4.34. The van der Waals surface area contributed by atoms with Crippen molar-refractivity contribution in [3.8, 4) is 5.75 Å². The Morgan fingerprint density at radius 1 is 1.23 bits per heavy atom. The highest BCUT2D eigenvalue weighted by atomic mass is 31.2. The summed E-state index contributed by atoms with van der Waals surface area (Å²) in [6.45, 7) is 1.70. The molecule has 1 aromatic carbocycles. The lowest BCUT2D eigenvalue weighted by molar-refractivity contribution is -0.290. The second-order valence-corrected chi connectivity index (χ2v) is 6.40. The standard InChI is InChI=1S/C12H13F6O3P/c1-2-3-7-22(19,20)21-9-6-4-5-8(10(9)13)11(14,15)12(16,17)18/h4-6H,2-3,7H2,1H3,(H,19,20). The Balaban J connectivity index is 3.17. The van der Waals surface area contributed by atoms with E-state index in [4.69, 9.17) is 0 Å². The van der Waals surface area contributed by atoms with Gasteiger partial charge >= 0.3 is 19.7 Å². The average molecular weight is 350 g/mol. The zero-order chi connectivity index (χ0) is 17.2. The number of hydrogen-bond acceptors (Lipinski definition) is 2. The molecule has 126 valence electrons. The molecule has 0 saturated heterocycles. The molecular formula is C12H13F6O3P. The largest absolute Gasteiger partial charge is 0.458 e. The van der Waals surface area contributed by atoms with Crippen LogP contribution in [0.5, 0.6) is 5.75 Å². The van der Waals surface area contributed by atoms with Gasteiger partial charge in [0.25, 0.3) is 0 Å². The highest BCUT2D eigenvalue weighted by Crippen LogP contribution is 2.49. The summed E-state index contributed by atoms with van der Waals surface area (Å²) in [6, 6.07) is 1.64. The van der Waals surface area contributed by atoms with Crippen molar-refractivity contribution in [2.45, 2.75) is 31.9 Å². The molecule has 1 atom stereocenters. The van der Waals surface area contributed by atoms with Gasteiger partial charge in [0.1, 0.15) is 0 Å². The van der Waals surface area contributed by atoms with Crippen molar-refractivity contribution in [2.24, 2.45) is 0 Å². The van der Waals surface area contributed by atoms with Crippen LogP contribution in [0, 0.1) is 5.82 Å². The fraction of sp³-hybridized carbons (Fsp3) is 0.500. The summed E-state index contributed by atoms with van der Waals surface area (Å²) in [5, 5.41) is 0. The number of rotatable bonds is 6. The maximum absolute atomic E-state index is 13.8. The normalized spacial score (nSPS) is 15.5. The molecule has 0 heterocycles. The van der Waals surface area contributed by atoms with Gasteiger partial charge in [-0.25, -0.2) is 8.96 Å². The SMILES string of the molecule is CCCCP(=O)(O)Oc1cccc(C(F)(F)C(F)(F)F)c1F. The van der Waals surface area contributed by atoms with Gasteiger partial charge in [0, 0.05) is 0 Å². The first-order valence-electron chi connectivity index (χ1n) is 6.17. The third-order valence-corrected chi connectivity index (χ3v) is 4.06. The number of unbranched alkanes of at least 4 members (excludes halogenated alkanes) is 1. The van der Waals surface area contributed by atoms with E-state index in [0.29, 0.717) is 18.6 Å². The predicted molar refractivity (Wildman–Crippen MR) is 66.6 cm³/mol. The van der Waals surface area contributed by atoms with E-state index in [1.165, 1.54) is 0 Å². The summed E-state index contributed by atoms with van der Waals surface area (Å²) >= 11 is 0. The molecular weight excluding hydrogens is 337 g/mol. The summed E-state index contributed by atoms with van der Waals surface area (Å²) in [5.74, 6) is -8.58. The van der Waals surface area contributed by atoms with Gasteiger partial charge in [-0.1, -0.05) is 19.4 Å². The van der Waals surface area contributed by atoms with Crippen LogP contribution in [-0.4, -0.2) is 17.2 Å². The van der Waals surface area contributed by atoms with Gasteiger partial charge in [0.2, 0.25) is 0 Å². The van der Waals surface area contributed by atoms with Gasteiger partial charge in [-0.3, -0.25) is 0 Å². The summed E-state index contributed by atoms with van der Waals surface area (Å²) in [6.07, 6.45) is -5.61. The Bertz CT molecular complexity index is 572. The van der Waals surface area contributed by atoms with Crippen LogP contribution >= 0.6 is 7.60 Å². The molecule has 3 nitrogen and oxygen atoms in total. The fourth-order valence-corrected chi connectivity index (χ4v) is 2.79. The Hall–Kier alpha value is -1.21. The van der Waals surface area contributed by atoms with Crippen molar-refractivity contribution in [1.29, 1.82) is 0 Å². The van der Waals surface area contributed by atoms with E-state index in [9.17, 15) is 35.8 Å². The quantitative estimate of drug-likeness (QED) is 0.590. The van der Waals surface area contributed by atoms with Crippen molar-refractivity contribution >= 4 is 7.60 Å². The van der Waals surface area contributed by atoms with E-state index in [1.54, 1.807) is 6.92 Å². The topological polar surface area (TPSA) is 46.5 Å². The van der Waals surface area contributed by atoms with Crippen LogP contribution in [0.4, 0.5) is 26.3 Å². The Kier molecular flexibility index (Phi) is 5.56. The highest BCUT2D eigenvalue weighted by Gasteiger charge is 2.60. The van der Waals surface area contributed by atoms with E-state index in [0.717, 1.165) is 0 Å². The lowest BCUT2D eigenvalue weighted by Crippen LogP contribution is -2.34. The molecule has 0 radical (unpaired) electrons. The second-order valence-electron chi connectivity index (χ2n) is 4.50. The number of benzene rings is 1. The van der Waals surface area contributed by atoms with Crippen LogP contribution in [0.1, 0.15) is 25.3 Å². The molecule has 0 saturated carbocycles. The molecule has 0 aromatic heterocycles. The highest BCUT2D eigenvalue weighted by molar-refractivity contribution is 7.53. The molecule has 1 unspecified atom stereocenters. The Morgan fingerprint density at radius 3 is 2.32 bits per heavy atom. The van der Waals surface area contributed by atoms with Crippen molar-refractivity contribution in [1.82, 2.24) is 0 Å². The van der Waals surface area contributed by atoms with Gasteiger partial charge in [0.15, 0.2) is 11.6 Å². The molecule has 0 spiro atoms. The molecule has 10 heteroatoms. The van der Waals surface area contributed by atoms with Crippen LogP contribution in [0.15, 0.2) is 18.2 Å². The van der Waals surface area contributed by atoms with Crippen LogP contribution < -0.4 is 4.52 Å². The fourth-order valence-electron chi connectivity index (χ4n) is 1.53. The van der Waals surface area contributed by atoms with E-state index in [-0.39, 0.29) is 18.6 Å². The molecule has 0 aliphatic carbocycles. The molecule has 0 aliphatic rings. The molecule has 1 N–H and O–H groups in total. The average Bonchev–Trinajstić information content (AvgIpc) is 2.37. The van der Waals surface area contributed by atoms with E-state index >= 15 is 0 Å². The Labute approximate surface area is 122 Å². The zero-order valence-corrected chi connectivity index (χ0v) is 12.2. The molecule has 0 amide bonds. The van der Waals surface area contributed by atoms with Crippen molar-refractivity contribution in [3.05, 3.63) is 29.6 Å². The Morgan fingerprint density at radius 2 is 1.82 bits per heavy atom. The second kappa shape index (κ2) is 6.50. The van der Waals surface area contributed by atoms with Gasteiger partial charge in [-0.15, -0.1) is 0 Å². The summed E-state index contributed by atoms with van der Waals surface area (Å²) in [4.78, 5) is 9.43. The maximum atomic E-state index is 13.8. The minimum atomic E-state index is -6.00. The maximum Gasteiger partial charge on any atom is 0.458 e. The zero-order valence-electron chi connectivity index (χ0n) is 11.3. The summed E-state index contributed by atoms with van der Waals surface area (Å²) < 4.78 is 93.0. The van der Waals surface area contributed by atoms with E-state index in [2.05, 4.69) is 4.52 Å². The van der Waals surface area contributed by atoms with Crippen LogP contribution in [0.25, 0.3) is 0 Å². The van der Waals surface area contributed by atoms with Gasteiger partial charge in [-0.05, 0) is 18.6 Å². The third kappa shape index (κ3) is 4.16. The monoisotopic (exact) mass is 350 g/mol. The van der Waals surface area contributed by atoms with Crippen LogP contribution in [0.2, 0.25) is 0 Å². The van der Waals surface area contributed by atoms with Crippen molar-refractivity contribution in [3.63, 3.8) is 0 Å². The summed E-state index contributed by atoms with van der Waals surface area (Å²) in [5.41, 5.74) is -1.96. The molecule has 0 bridgehead atoms.